The smallest absolute Gasteiger partial charge is 0.241 e. The molecule has 1 aromatic carbocycles. The van der Waals surface area contributed by atoms with Gasteiger partial charge in [0.05, 0.1) is 6.54 Å². The highest BCUT2D eigenvalue weighted by atomic mass is 16.5. The summed E-state index contributed by atoms with van der Waals surface area (Å²) in [6.07, 6.45) is 14.6. The van der Waals surface area contributed by atoms with E-state index < -0.39 is 5.66 Å². The summed E-state index contributed by atoms with van der Waals surface area (Å²) < 4.78 is 6.08. The molecule has 1 fully saturated rings. The van der Waals surface area contributed by atoms with Crippen molar-refractivity contribution in [3.8, 4) is 0 Å². The van der Waals surface area contributed by atoms with Crippen molar-refractivity contribution >= 4 is 11.6 Å². The van der Waals surface area contributed by atoms with Gasteiger partial charge in [0.15, 0.2) is 0 Å². The third-order valence-corrected chi connectivity index (χ3v) is 6.43. The molecule has 4 aliphatic rings. The summed E-state index contributed by atoms with van der Waals surface area (Å²) in [5.74, 6) is 0.946. The average molecular weight is 372 g/mol. The standard InChI is InChI=1S/C24H24N2O2/c1-16-17(14-18-8-4-7-11-21(18)28-16)12-13-24-23(2,3)19-9-5-6-10-20(19)26(24)15-22(27)25-24/h4-14,21H,15H2,1-3H3,(H,25,27)/t21-,24+/m0/s1. The number of amides is 1. The summed E-state index contributed by atoms with van der Waals surface area (Å²) >= 11 is 0. The van der Waals surface area contributed by atoms with Crippen LogP contribution < -0.4 is 10.2 Å². The molecule has 28 heavy (non-hydrogen) atoms. The number of hydrogen-bond donors (Lipinski definition) is 1. The molecule has 5 rings (SSSR count). The van der Waals surface area contributed by atoms with Crippen LogP contribution in [0.1, 0.15) is 26.3 Å². The average Bonchev–Trinajstić information content (AvgIpc) is 3.11. The van der Waals surface area contributed by atoms with E-state index in [1.807, 2.05) is 25.1 Å². The first kappa shape index (κ1) is 17.1. The van der Waals surface area contributed by atoms with Crippen molar-refractivity contribution in [2.75, 3.05) is 11.4 Å². The summed E-state index contributed by atoms with van der Waals surface area (Å²) in [7, 11) is 0. The lowest BCUT2D eigenvalue weighted by Gasteiger charge is -2.40. The van der Waals surface area contributed by atoms with Crippen molar-refractivity contribution in [2.24, 2.45) is 0 Å². The Hall–Kier alpha value is -3.01. The van der Waals surface area contributed by atoms with Crippen LogP contribution in [0.3, 0.4) is 0 Å². The first-order valence-corrected chi connectivity index (χ1v) is 9.74. The highest BCUT2D eigenvalue weighted by Crippen LogP contribution is 2.52. The van der Waals surface area contributed by atoms with Crippen molar-refractivity contribution in [1.82, 2.24) is 5.32 Å². The Labute approximate surface area is 165 Å². The minimum Gasteiger partial charge on any atom is -0.486 e. The lowest BCUT2D eigenvalue weighted by atomic mass is 9.75. The minimum absolute atomic E-state index is 0.00447. The number of rotatable bonds is 2. The number of hydrogen-bond acceptors (Lipinski definition) is 3. The Morgan fingerprint density at radius 3 is 2.93 bits per heavy atom. The number of fused-ring (bicyclic) bond motifs is 4. The van der Waals surface area contributed by atoms with Gasteiger partial charge in [-0.15, -0.1) is 0 Å². The number of para-hydroxylation sites is 1. The fourth-order valence-corrected chi connectivity index (χ4v) is 4.83. The van der Waals surface area contributed by atoms with Gasteiger partial charge in [0, 0.05) is 16.7 Å². The van der Waals surface area contributed by atoms with Gasteiger partial charge in [-0.1, -0.05) is 56.4 Å². The quantitative estimate of drug-likeness (QED) is 0.856. The summed E-state index contributed by atoms with van der Waals surface area (Å²) in [6.45, 7) is 6.76. The summed E-state index contributed by atoms with van der Waals surface area (Å²) in [4.78, 5) is 14.6. The Morgan fingerprint density at radius 1 is 1.25 bits per heavy atom. The Morgan fingerprint density at radius 2 is 2.07 bits per heavy atom. The molecule has 3 aliphatic heterocycles. The third-order valence-electron chi connectivity index (χ3n) is 6.43. The van der Waals surface area contributed by atoms with E-state index in [4.69, 9.17) is 4.74 Å². The number of carbonyl (C=O) groups excluding carboxylic acids is 1. The molecule has 142 valence electrons. The van der Waals surface area contributed by atoms with Crippen LogP contribution in [0.25, 0.3) is 0 Å². The van der Waals surface area contributed by atoms with Crippen molar-refractivity contribution < 1.29 is 9.53 Å². The van der Waals surface area contributed by atoms with Crippen LogP contribution in [0.15, 0.2) is 83.7 Å². The number of nitrogens with zero attached hydrogens (tertiary/aromatic N) is 1. The summed E-state index contributed by atoms with van der Waals surface area (Å²) in [5.41, 5.74) is 3.71. The molecule has 0 aromatic heterocycles. The molecule has 1 aromatic rings. The molecule has 1 amide bonds. The summed E-state index contributed by atoms with van der Waals surface area (Å²) in [5, 5.41) is 3.27. The second-order valence-corrected chi connectivity index (χ2v) is 8.31. The first-order valence-electron chi connectivity index (χ1n) is 9.74. The van der Waals surface area contributed by atoms with E-state index in [9.17, 15) is 4.79 Å². The largest absolute Gasteiger partial charge is 0.486 e. The normalized spacial score (nSPS) is 29.4. The van der Waals surface area contributed by atoms with Gasteiger partial charge in [-0.2, -0.15) is 0 Å². The highest BCUT2D eigenvalue weighted by Gasteiger charge is 2.59. The van der Waals surface area contributed by atoms with Gasteiger partial charge in [0.1, 0.15) is 17.5 Å². The van der Waals surface area contributed by atoms with Crippen LogP contribution in [0.2, 0.25) is 0 Å². The molecule has 1 aliphatic carbocycles. The first-order chi connectivity index (χ1) is 13.4. The fraction of sp³-hybridized carbons (Fsp3) is 0.292. The van der Waals surface area contributed by atoms with Gasteiger partial charge in [0.25, 0.3) is 0 Å². The van der Waals surface area contributed by atoms with Crippen LogP contribution in [0.4, 0.5) is 5.69 Å². The Kier molecular flexibility index (Phi) is 3.51. The summed E-state index contributed by atoms with van der Waals surface area (Å²) in [6, 6.07) is 8.37. The third kappa shape index (κ3) is 2.21. The van der Waals surface area contributed by atoms with Gasteiger partial charge < -0.3 is 15.0 Å². The predicted molar refractivity (Wildman–Crippen MR) is 111 cm³/mol. The molecule has 1 saturated heterocycles. The van der Waals surface area contributed by atoms with E-state index in [2.05, 4.69) is 72.6 Å². The molecular weight excluding hydrogens is 348 g/mol. The Balaban J connectivity index is 1.57. The monoisotopic (exact) mass is 372 g/mol. The molecule has 0 unspecified atom stereocenters. The topological polar surface area (TPSA) is 41.6 Å². The molecule has 0 saturated carbocycles. The maximum absolute atomic E-state index is 12.4. The number of allylic oxidation sites excluding steroid dienone is 6. The number of carbonyl (C=O) groups is 1. The maximum Gasteiger partial charge on any atom is 0.241 e. The van der Waals surface area contributed by atoms with E-state index in [0.717, 1.165) is 22.6 Å². The Bertz CT molecular complexity index is 1020. The lowest BCUT2D eigenvalue weighted by molar-refractivity contribution is -0.118. The highest BCUT2D eigenvalue weighted by molar-refractivity contribution is 5.91. The molecular formula is C24H24N2O2. The van der Waals surface area contributed by atoms with E-state index in [1.54, 1.807) is 0 Å². The van der Waals surface area contributed by atoms with Crippen molar-refractivity contribution in [3.05, 3.63) is 89.3 Å². The predicted octanol–water partition coefficient (Wildman–Crippen LogP) is 3.89. The van der Waals surface area contributed by atoms with Crippen LogP contribution >= 0.6 is 0 Å². The zero-order chi connectivity index (χ0) is 19.5. The van der Waals surface area contributed by atoms with Crippen LogP contribution in [-0.4, -0.2) is 24.2 Å². The second kappa shape index (κ2) is 5.74. The molecule has 0 spiro atoms. The second-order valence-electron chi connectivity index (χ2n) is 8.31. The van der Waals surface area contributed by atoms with Crippen molar-refractivity contribution in [1.29, 1.82) is 0 Å². The van der Waals surface area contributed by atoms with Crippen molar-refractivity contribution in [3.63, 3.8) is 0 Å². The zero-order valence-corrected chi connectivity index (χ0v) is 16.4. The molecule has 4 heteroatoms. The number of benzene rings is 1. The van der Waals surface area contributed by atoms with E-state index in [-0.39, 0.29) is 17.4 Å². The molecule has 2 atom stereocenters. The number of anilines is 1. The van der Waals surface area contributed by atoms with Crippen LogP contribution in [0, 0.1) is 0 Å². The van der Waals surface area contributed by atoms with Gasteiger partial charge in [0.2, 0.25) is 5.91 Å². The SMILES string of the molecule is CC1=C(C=C[C@@]23NC(=O)CN2c2ccccc2C3(C)C)C=C2C=CC=C[C@@H]2O1. The lowest BCUT2D eigenvalue weighted by Crippen LogP contribution is -2.58. The molecule has 4 nitrogen and oxygen atoms in total. The van der Waals surface area contributed by atoms with Crippen LogP contribution in [0.5, 0.6) is 0 Å². The fourth-order valence-electron chi connectivity index (χ4n) is 4.83. The van der Waals surface area contributed by atoms with Crippen LogP contribution in [-0.2, 0) is 14.9 Å². The van der Waals surface area contributed by atoms with E-state index >= 15 is 0 Å². The molecule has 0 radical (unpaired) electrons. The van der Waals surface area contributed by atoms with Gasteiger partial charge in [-0.25, -0.2) is 0 Å². The van der Waals surface area contributed by atoms with Crippen molar-refractivity contribution in [2.45, 2.75) is 38.0 Å². The van der Waals surface area contributed by atoms with Gasteiger partial charge in [-0.05, 0) is 42.4 Å². The molecule has 0 bridgehead atoms. The van der Waals surface area contributed by atoms with Gasteiger partial charge >= 0.3 is 0 Å². The zero-order valence-electron chi connectivity index (χ0n) is 16.4. The molecule has 1 N–H and O–H groups in total. The maximum atomic E-state index is 12.4. The van der Waals surface area contributed by atoms with E-state index in [0.29, 0.717) is 6.54 Å². The molecule has 3 heterocycles. The van der Waals surface area contributed by atoms with E-state index in [1.165, 1.54) is 5.56 Å². The number of nitrogens with one attached hydrogen (secondary N) is 1. The van der Waals surface area contributed by atoms with Gasteiger partial charge in [-0.3, -0.25) is 4.79 Å². The number of ether oxygens (including phenoxy) is 1. The minimum atomic E-state index is -0.585.